The highest BCUT2D eigenvalue weighted by molar-refractivity contribution is 7.47. The molecule has 3 heterocycles. The Kier molecular flexibility index (Phi) is 18.4. The Morgan fingerprint density at radius 2 is 1.63 bits per heavy atom. The molecule has 52 heavy (non-hydrogen) atoms. The number of phosphoric acid groups is 1. The number of aromatic nitrogens is 4. The Hall–Kier alpha value is -3.70. The van der Waals surface area contributed by atoms with E-state index in [0.717, 1.165) is 32.7 Å². The zero-order chi connectivity index (χ0) is 37.8. The van der Waals surface area contributed by atoms with Gasteiger partial charge in [-0.15, -0.1) is 0 Å². The van der Waals surface area contributed by atoms with Crippen molar-refractivity contribution >= 4 is 19.2 Å². The number of aliphatic hydroxyl groups excluding tert-OH is 2. The van der Waals surface area contributed by atoms with Crippen LogP contribution in [0.3, 0.4) is 0 Å². The number of nitrogens with zero attached hydrogens (tertiary/aromatic N) is 6. The summed E-state index contributed by atoms with van der Waals surface area (Å²) in [5.74, 6) is 0.203. The van der Waals surface area contributed by atoms with Crippen molar-refractivity contribution in [1.82, 2.24) is 19.6 Å². The van der Waals surface area contributed by atoms with Crippen molar-refractivity contribution in [3.8, 4) is 18.0 Å². The van der Waals surface area contributed by atoms with Gasteiger partial charge in [0.15, 0.2) is 5.82 Å². The number of nitriles is 2. The summed E-state index contributed by atoms with van der Waals surface area (Å²) >= 11 is 0. The maximum absolute atomic E-state index is 13.0. The summed E-state index contributed by atoms with van der Waals surface area (Å²) < 4.78 is 41.4. The van der Waals surface area contributed by atoms with Gasteiger partial charge in [-0.2, -0.15) is 15.6 Å². The van der Waals surface area contributed by atoms with Crippen molar-refractivity contribution in [2.45, 2.75) is 108 Å². The van der Waals surface area contributed by atoms with Crippen LogP contribution in [-0.4, -0.2) is 86.0 Å². The predicted octanol–water partition coefficient (Wildman–Crippen LogP) is 5.18. The molecule has 0 spiro atoms. The van der Waals surface area contributed by atoms with E-state index in [1.54, 1.807) is 6.07 Å². The van der Waals surface area contributed by atoms with Crippen LogP contribution in [0.4, 0.5) is 5.82 Å². The fraction of sp³-hybridized carbons (Fsp3) is 0.629. The van der Waals surface area contributed by atoms with Crippen LogP contribution in [0, 0.1) is 22.7 Å². The number of aliphatic hydroxyl groups is 2. The number of phosphoric ester groups is 1. The zero-order valence-electron chi connectivity index (χ0n) is 30.0. The summed E-state index contributed by atoms with van der Waals surface area (Å²) in [6.07, 6.45) is 12.3. The lowest BCUT2D eigenvalue weighted by atomic mass is 9.93. The van der Waals surface area contributed by atoms with Crippen molar-refractivity contribution in [2.24, 2.45) is 0 Å². The summed E-state index contributed by atoms with van der Waals surface area (Å²) in [6, 6.07) is 9.58. The molecule has 17 heteroatoms. The minimum absolute atomic E-state index is 0.0268. The lowest BCUT2D eigenvalue weighted by Gasteiger charge is -2.33. The standard InChI is InChI=1S/C35H52N7O9P/c1-3-4-5-6-7-8-9-10-11-12-13-14-19-48-22-28(51-31-20-27(21-36)17-18-39-31)23-49-52(45,46)50-25-35(24-37,47-2)33(44)32(43)29-15-16-30-34(38)40-26-41-42(29)30/h15-18,20,26,28,32-33,43-44H,3-14,19,22-23,25H2,1-2H3,(H,45,46)(H2,38,40,41)/t28-,32+,33+,35-/m1/s1. The van der Waals surface area contributed by atoms with Gasteiger partial charge in [-0.25, -0.2) is 19.0 Å². The highest BCUT2D eigenvalue weighted by atomic mass is 31.2. The summed E-state index contributed by atoms with van der Waals surface area (Å²) in [7, 11) is -3.84. The maximum atomic E-state index is 13.0. The van der Waals surface area contributed by atoms with E-state index in [2.05, 4.69) is 22.0 Å². The minimum Gasteiger partial charge on any atom is -0.469 e. The first kappa shape index (κ1) is 42.7. The molecule has 0 aliphatic rings. The second kappa shape index (κ2) is 22.4. The molecule has 0 radical (unpaired) electrons. The molecule has 3 rings (SSSR count). The van der Waals surface area contributed by atoms with Crippen LogP contribution in [0.2, 0.25) is 0 Å². The van der Waals surface area contributed by atoms with Gasteiger partial charge in [0, 0.05) is 26.0 Å². The fourth-order valence-electron chi connectivity index (χ4n) is 5.51. The van der Waals surface area contributed by atoms with E-state index in [0.29, 0.717) is 17.7 Å². The number of unbranched alkanes of at least 4 members (excludes halogenated alkanes) is 11. The van der Waals surface area contributed by atoms with Gasteiger partial charge in [-0.05, 0) is 24.6 Å². The molecule has 0 fully saturated rings. The minimum atomic E-state index is -4.91. The molecule has 1 unspecified atom stereocenters. The SMILES string of the molecule is CCCCCCCCCCCCCCOC[C@H](COP(=O)(O)OC[C@@](C#N)(OC)[C@@H](O)[C@@H](O)c1ccc2c(N)ncnn12)Oc1cc(C#N)ccn1. The highest BCUT2D eigenvalue weighted by Gasteiger charge is 2.46. The number of methoxy groups -OCH3 is 1. The Morgan fingerprint density at radius 3 is 2.27 bits per heavy atom. The van der Waals surface area contributed by atoms with Crippen LogP contribution in [0.15, 0.2) is 36.8 Å². The fourth-order valence-corrected chi connectivity index (χ4v) is 6.29. The Bertz CT molecular complexity index is 1630. The summed E-state index contributed by atoms with van der Waals surface area (Å²) in [4.78, 5) is 18.5. The van der Waals surface area contributed by atoms with Crippen LogP contribution < -0.4 is 10.5 Å². The highest BCUT2D eigenvalue weighted by Crippen LogP contribution is 2.45. The average molecular weight is 746 g/mol. The normalized spacial score (nSPS) is 15.6. The number of hydrogen-bond donors (Lipinski definition) is 4. The third kappa shape index (κ3) is 13.4. The monoisotopic (exact) mass is 745 g/mol. The van der Waals surface area contributed by atoms with Crippen molar-refractivity contribution in [2.75, 3.05) is 39.3 Å². The van der Waals surface area contributed by atoms with Gasteiger partial charge in [0.05, 0.1) is 30.5 Å². The number of ether oxygens (including phenoxy) is 3. The van der Waals surface area contributed by atoms with E-state index < -0.39 is 44.9 Å². The number of nitrogens with two attached hydrogens (primary N) is 1. The molecule has 0 saturated heterocycles. The lowest BCUT2D eigenvalue weighted by Crippen LogP contribution is -2.50. The zero-order valence-corrected chi connectivity index (χ0v) is 30.9. The topological polar surface area (TPSA) is 241 Å². The molecule has 0 aliphatic carbocycles. The smallest absolute Gasteiger partial charge is 0.469 e. The van der Waals surface area contributed by atoms with Crippen molar-refractivity contribution in [1.29, 1.82) is 10.5 Å². The maximum Gasteiger partial charge on any atom is 0.472 e. The van der Waals surface area contributed by atoms with E-state index in [-0.39, 0.29) is 24.0 Å². The molecule has 16 nitrogen and oxygen atoms in total. The van der Waals surface area contributed by atoms with Gasteiger partial charge < -0.3 is 35.1 Å². The van der Waals surface area contributed by atoms with E-state index in [4.69, 9.17) is 29.0 Å². The van der Waals surface area contributed by atoms with E-state index >= 15 is 0 Å². The van der Waals surface area contributed by atoms with E-state index in [1.807, 2.05) is 6.07 Å². The average Bonchev–Trinajstić information content (AvgIpc) is 3.59. The van der Waals surface area contributed by atoms with Crippen LogP contribution in [0.1, 0.15) is 101 Å². The quantitative estimate of drug-likeness (QED) is 0.0580. The van der Waals surface area contributed by atoms with Crippen LogP contribution in [0.25, 0.3) is 5.52 Å². The molecule has 0 saturated carbocycles. The molecule has 3 aromatic heterocycles. The van der Waals surface area contributed by atoms with Gasteiger partial charge in [0.2, 0.25) is 11.5 Å². The first-order valence-electron chi connectivity index (χ1n) is 17.7. The van der Waals surface area contributed by atoms with Gasteiger partial charge in [0.1, 0.15) is 42.8 Å². The number of fused-ring (bicyclic) bond motifs is 1. The van der Waals surface area contributed by atoms with Gasteiger partial charge >= 0.3 is 7.82 Å². The summed E-state index contributed by atoms with van der Waals surface area (Å²) in [5.41, 5.74) is 4.22. The van der Waals surface area contributed by atoms with Crippen molar-refractivity contribution < 1.29 is 42.9 Å². The molecule has 0 aliphatic heterocycles. The third-order valence-electron chi connectivity index (χ3n) is 8.61. The van der Waals surface area contributed by atoms with Gasteiger partial charge in [0.25, 0.3) is 0 Å². The van der Waals surface area contributed by atoms with Gasteiger partial charge in [-0.3, -0.25) is 9.05 Å². The molecule has 5 atom stereocenters. The second-order valence-electron chi connectivity index (χ2n) is 12.5. The largest absolute Gasteiger partial charge is 0.472 e. The van der Waals surface area contributed by atoms with Gasteiger partial charge in [-0.1, -0.05) is 77.6 Å². The first-order chi connectivity index (χ1) is 25.1. The van der Waals surface area contributed by atoms with Crippen LogP contribution in [0.5, 0.6) is 5.88 Å². The second-order valence-corrected chi connectivity index (χ2v) is 14.0. The molecule has 0 amide bonds. The molecule has 286 valence electrons. The van der Waals surface area contributed by atoms with Crippen LogP contribution in [-0.2, 0) is 23.1 Å². The Morgan fingerprint density at radius 1 is 0.962 bits per heavy atom. The van der Waals surface area contributed by atoms with Crippen molar-refractivity contribution in [3.05, 3.63) is 48.0 Å². The lowest BCUT2D eigenvalue weighted by molar-refractivity contribution is -0.134. The van der Waals surface area contributed by atoms with Crippen LogP contribution >= 0.6 is 7.82 Å². The summed E-state index contributed by atoms with van der Waals surface area (Å²) in [6.45, 7) is 1.16. The number of pyridine rings is 1. The predicted molar refractivity (Wildman–Crippen MR) is 191 cm³/mol. The molecule has 5 N–H and O–H groups in total. The first-order valence-corrected chi connectivity index (χ1v) is 19.2. The number of rotatable bonds is 27. The molecular formula is C35H52N7O9P. The summed E-state index contributed by atoms with van der Waals surface area (Å²) in [5, 5.41) is 45.3. The number of anilines is 1. The van der Waals surface area contributed by atoms with E-state index in [1.165, 1.54) is 92.8 Å². The Labute approximate surface area is 305 Å². The Balaban J connectivity index is 1.52. The van der Waals surface area contributed by atoms with E-state index in [9.17, 15) is 30.2 Å². The van der Waals surface area contributed by atoms with Crippen molar-refractivity contribution in [3.63, 3.8) is 0 Å². The molecule has 0 aromatic carbocycles. The number of hydrogen-bond acceptors (Lipinski definition) is 14. The molecular weight excluding hydrogens is 693 g/mol. The number of nitrogen functional groups attached to an aromatic ring is 1. The molecule has 0 bridgehead atoms. The molecule has 3 aromatic rings. The third-order valence-corrected chi connectivity index (χ3v) is 9.54.